The van der Waals surface area contributed by atoms with E-state index >= 15 is 0 Å². The Balaban J connectivity index is 3.34. The van der Waals surface area contributed by atoms with Gasteiger partial charge in [0.15, 0.2) is 11.5 Å². The van der Waals surface area contributed by atoms with Gasteiger partial charge in [-0.15, -0.1) is 13.2 Å². The molecular weight excluding hydrogens is 279 g/mol. The molecule has 0 radical (unpaired) electrons. The van der Waals surface area contributed by atoms with Gasteiger partial charge in [0.05, 0.1) is 19.3 Å². The van der Waals surface area contributed by atoms with Crippen molar-refractivity contribution >= 4 is 5.97 Å². The van der Waals surface area contributed by atoms with Crippen molar-refractivity contribution in [3.8, 4) is 17.6 Å². The Hall–Kier alpha value is -2.43. The molecule has 108 valence electrons. The molecule has 0 unspecified atom stereocenters. The van der Waals surface area contributed by atoms with E-state index in [0.29, 0.717) is 0 Å². The Bertz CT molecular complexity index is 549. The standard InChI is InChI=1S/C12H10F3NO4/c1-3-19-11(17)7-4-5-9(20-12(13,14)15)10(18-2)8(7)6-16/h4-5H,3H2,1-2H3. The predicted octanol–water partition coefficient (Wildman–Crippen LogP) is 2.64. The van der Waals surface area contributed by atoms with Crippen LogP contribution in [-0.2, 0) is 4.74 Å². The topological polar surface area (TPSA) is 68.6 Å². The summed E-state index contributed by atoms with van der Waals surface area (Å²) < 4.78 is 49.8. The molecule has 0 saturated heterocycles. The molecule has 0 spiro atoms. The van der Waals surface area contributed by atoms with Crippen molar-refractivity contribution in [2.45, 2.75) is 13.3 Å². The lowest BCUT2D eigenvalue weighted by atomic mass is 10.1. The lowest BCUT2D eigenvalue weighted by molar-refractivity contribution is -0.275. The van der Waals surface area contributed by atoms with Gasteiger partial charge in [0.25, 0.3) is 0 Å². The van der Waals surface area contributed by atoms with Crippen molar-refractivity contribution in [1.29, 1.82) is 5.26 Å². The number of rotatable bonds is 4. The first-order valence-electron chi connectivity index (χ1n) is 5.38. The second-order valence-corrected chi connectivity index (χ2v) is 3.40. The van der Waals surface area contributed by atoms with E-state index in [9.17, 15) is 18.0 Å². The molecule has 5 nitrogen and oxygen atoms in total. The second-order valence-electron chi connectivity index (χ2n) is 3.40. The van der Waals surface area contributed by atoms with Gasteiger partial charge in [-0.3, -0.25) is 0 Å². The van der Waals surface area contributed by atoms with Crippen molar-refractivity contribution in [3.05, 3.63) is 23.3 Å². The molecule has 0 heterocycles. The Kier molecular flexibility index (Phi) is 4.80. The highest BCUT2D eigenvalue weighted by atomic mass is 19.4. The number of ether oxygens (including phenoxy) is 3. The minimum absolute atomic E-state index is 0.0623. The van der Waals surface area contributed by atoms with Gasteiger partial charge in [-0.2, -0.15) is 5.26 Å². The zero-order valence-electron chi connectivity index (χ0n) is 10.6. The van der Waals surface area contributed by atoms with E-state index in [-0.39, 0.29) is 17.7 Å². The van der Waals surface area contributed by atoms with E-state index < -0.39 is 23.8 Å². The summed E-state index contributed by atoms with van der Waals surface area (Å²) in [7, 11) is 1.06. The molecule has 1 aromatic carbocycles. The fourth-order valence-corrected chi connectivity index (χ4v) is 1.46. The Morgan fingerprint density at radius 3 is 2.50 bits per heavy atom. The molecule has 0 bridgehead atoms. The fourth-order valence-electron chi connectivity index (χ4n) is 1.46. The molecule has 20 heavy (non-hydrogen) atoms. The highest BCUT2D eigenvalue weighted by Gasteiger charge is 2.34. The van der Waals surface area contributed by atoms with E-state index in [1.165, 1.54) is 0 Å². The van der Waals surface area contributed by atoms with Crippen molar-refractivity contribution in [2.24, 2.45) is 0 Å². The number of esters is 1. The van der Waals surface area contributed by atoms with E-state index in [1.807, 2.05) is 0 Å². The highest BCUT2D eigenvalue weighted by Crippen LogP contribution is 2.36. The highest BCUT2D eigenvalue weighted by molar-refractivity contribution is 5.93. The van der Waals surface area contributed by atoms with Gasteiger partial charge in [-0.25, -0.2) is 4.79 Å². The van der Waals surface area contributed by atoms with Crippen LogP contribution in [0.4, 0.5) is 13.2 Å². The molecule has 8 heteroatoms. The van der Waals surface area contributed by atoms with E-state index in [2.05, 4.69) is 4.74 Å². The number of nitrogens with zero attached hydrogens (tertiary/aromatic N) is 1. The maximum absolute atomic E-state index is 12.2. The van der Waals surface area contributed by atoms with Crippen molar-refractivity contribution in [1.82, 2.24) is 0 Å². The maximum Gasteiger partial charge on any atom is 0.573 e. The van der Waals surface area contributed by atoms with Crippen LogP contribution in [0.5, 0.6) is 11.5 Å². The van der Waals surface area contributed by atoms with Gasteiger partial charge in [0, 0.05) is 0 Å². The van der Waals surface area contributed by atoms with Crippen molar-refractivity contribution < 1.29 is 32.2 Å². The summed E-state index contributed by atoms with van der Waals surface area (Å²) in [5, 5.41) is 9.00. The number of carbonyl (C=O) groups is 1. The summed E-state index contributed by atoms with van der Waals surface area (Å²) >= 11 is 0. The van der Waals surface area contributed by atoms with Gasteiger partial charge in [-0.05, 0) is 19.1 Å². The zero-order chi connectivity index (χ0) is 15.3. The van der Waals surface area contributed by atoms with Crippen LogP contribution in [0.1, 0.15) is 22.8 Å². The van der Waals surface area contributed by atoms with Gasteiger partial charge >= 0.3 is 12.3 Å². The summed E-state index contributed by atoms with van der Waals surface area (Å²) in [5.74, 6) is -2.01. The molecule has 0 atom stereocenters. The normalized spacial score (nSPS) is 10.6. The number of hydrogen-bond acceptors (Lipinski definition) is 5. The average Bonchev–Trinajstić information content (AvgIpc) is 2.36. The largest absolute Gasteiger partial charge is 0.573 e. The Morgan fingerprint density at radius 1 is 1.40 bits per heavy atom. The molecule has 0 aromatic heterocycles. The van der Waals surface area contributed by atoms with Gasteiger partial charge < -0.3 is 14.2 Å². The number of methoxy groups -OCH3 is 1. The number of benzene rings is 1. The third-order valence-corrected chi connectivity index (χ3v) is 2.16. The van der Waals surface area contributed by atoms with Crippen LogP contribution in [0.2, 0.25) is 0 Å². The third kappa shape index (κ3) is 3.54. The zero-order valence-corrected chi connectivity index (χ0v) is 10.6. The first-order valence-corrected chi connectivity index (χ1v) is 5.38. The Labute approximate surface area is 112 Å². The molecule has 1 rings (SSSR count). The molecule has 1 aromatic rings. The third-order valence-electron chi connectivity index (χ3n) is 2.16. The Morgan fingerprint density at radius 2 is 2.05 bits per heavy atom. The number of halogens is 3. The van der Waals surface area contributed by atoms with Crippen molar-refractivity contribution in [2.75, 3.05) is 13.7 Å². The maximum atomic E-state index is 12.2. The van der Waals surface area contributed by atoms with Crippen LogP contribution < -0.4 is 9.47 Å². The number of hydrogen-bond donors (Lipinski definition) is 0. The summed E-state index contributed by atoms with van der Waals surface area (Å²) in [6.07, 6.45) is -4.94. The second kappa shape index (κ2) is 6.14. The van der Waals surface area contributed by atoms with Crippen LogP contribution in [-0.4, -0.2) is 26.0 Å². The molecule has 0 saturated carbocycles. The molecular formula is C12H10F3NO4. The molecule has 0 amide bonds. The van der Waals surface area contributed by atoms with E-state index in [0.717, 1.165) is 19.2 Å². The molecule has 0 aliphatic carbocycles. The number of carbonyl (C=O) groups excluding carboxylic acids is 1. The van der Waals surface area contributed by atoms with Gasteiger partial charge in [0.1, 0.15) is 11.6 Å². The van der Waals surface area contributed by atoms with Crippen LogP contribution >= 0.6 is 0 Å². The van der Waals surface area contributed by atoms with E-state index in [4.69, 9.17) is 14.7 Å². The summed E-state index contributed by atoms with van der Waals surface area (Å²) in [6, 6.07) is 3.51. The predicted molar refractivity (Wildman–Crippen MR) is 60.3 cm³/mol. The molecule has 0 aliphatic heterocycles. The first kappa shape index (κ1) is 15.6. The van der Waals surface area contributed by atoms with Gasteiger partial charge in [-0.1, -0.05) is 0 Å². The van der Waals surface area contributed by atoms with Crippen LogP contribution in [0.15, 0.2) is 12.1 Å². The summed E-state index contributed by atoms with van der Waals surface area (Å²) in [4.78, 5) is 11.6. The monoisotopic (exact) mass is 289 g/mol. The summed E-state index contributed by atoms with van der Waals surface area (Å²) in [6.45, 7) is 1.62. The summed E-state index contributed by atoms with van der Waals surface area (Å²) in [5.41, 5.74) is -0.576. The minimum Gasteiger partial charge on any atom is -0.492 e. The molecule has 0 fully saturated rings. The quantitative estimate of drug-likeness (QED) is 0.797. The minimum atomic E-state index is -4.94. The van der Waals surface area contributed by atoms with Crippen LogP contribution in [0.25, 0.3) is 0 Å². The van der Waals surface area contributed by atoms with Crippen molar-refractivity contribution in [3.63, 3.8) is 0 Å². The average molecular weight is 289 g/mol. The lowest BCUT2D eigenvalue weighted by Gasteiger charge is -2.15. The molecule has 0 aliphatic rings. The molecule has 0 N–H and O–H groups in total. The van der Waals surface area contributed by atoms with Crippen LogP contribution in [0, 0.1) is 11.3 Å². The first-order chi connectivity index (χ1) is 9.34. The smallest absolute Gasteiger partial charge is 0.492 e. The van der Waals surface area contributed by atoms with Crippen LogP contribution in [0.3, 0.4) is 0 Å². The lowest BCUT2D eigenvalue weighted by Crippen LogP contribution is -2.18. The van der Waals surface area contributed by atoms with E-state index in [1.54, 1.807) is 13.0 Å². The van der Waals surface area contributed by atoms with Gasteiger partial charge in [0.2, 0.25) is 0 Å². The fraction of sp³-hybridized carbons (Fsp3) is 0.333. The SMILES string of the molecule is CCOC(=O)c1ccc(OC(F)(F)F)c(OC)c1C#N. The number of alkyl halides is 3. The number of nitriles is 1.